The molecule has 1 aromatic heterocycles. The molecule has 26 heavy (non-hydrogen) atoms. The maximum atomic E-state index is 14.1. The second-order valence-electron chi connectivity index (χ2n) is 7.01. The molecule has 0 saturated carbocycles. The molecule has 138 valence electrons. The number of halogens is 1. The summed E-state index contributed by atoms with van der Waals surface area (Å²) in [6.07, 6.45) is 0.809. The number of amides is 1. The van der Waals surface area contributed by atoms with Gasteiger partial charge in [0.05, 0.1) is 11.4 Å². The van der Waals surface area contributed by atoms with Crippen LogP contribution >= 0.6 is 11.3 Å². The van der Waals surface area contributed by atoms with Crippen LogP contribution in [-0.2, 0) is 11.2 Å². The lowest BCUT2D eigenvalue weighted by atomic mass is 10.0. The fraction of sp³-hybridized carbons (Fsp3) is 0.400. The fourth-order valence-electron chi connectivity index (χ4n) is 3.03. The minimum absolute atomic E-state index is 0.00434. The van der Waals surface area contributed by atoms with Crippen molar-refractivity contribution < 1.29 is 18.7 Å². The van der Waals surface area contributed by atoms with Crippen LogP contribution in [0.25, 0.3) is 10.4 Å². The van der Waals surface area contributed by atoms with Crippen molar-refractivity contribution in [2.75, 3.05) is 6.54 Å². The molecule has 4 nitrogen and oxygen atoms in total. The van der Waals surface area contributed by atoms with Gasteiger partial charge >= 0.3 is 0 Å². The molecule has 2 aromatic rings. The van der Waals surface area contributed by atoms with E-state index >= 15 is 0 Å². The maximum absolute atomic E-state index is 14.1. The first-order chi connectivity index (χ1) is 12.3. The van der Waals surface area contributed by atoms with E-state index in [4.69, 9.17) is 4.74 Å². The average Bonchev–Trinajstić information content (AvgIpc) is 3.18. The van der Waals surface area contributed by atoms with Crippen molar-refractivity contribution in [1.29, 1.82) is 0 Å². The zero-order valence-corrected chi connectivity index (χ0v) is 15.9. The van der Waals surface area contributed by atoms with Crippen LogP contribution in [-0.4, -0.2) is 24.3 Å². The highest BCUT2D eigenvalue weighted by atomic mass is 32.1. The van der Waals surface area contributed by atoms with Crippen molar-refractivity contribution in [3.8, 4) is 16.2 Å². The van der Waals surface area contributed by atoms with Gasteiger partial charge in [-0.2, -0.15) is 0 Å². The lowest BCUT2D eigenvalue weighted by Crippen LogP contribution is -2.34. The molecule has 0 radical (unpaired) electrons. The lowest BCUT2D eigenvalue weighted by Gasteiger charge is -2.14. The second-order valence-corrected chi connectivity index (χ2v) is 8.09. The second kappa shape index (κ2) is 7.58. The van der Waals surface area contributed by atoms with Gasteiger partial charge in [-0.15, -0.1) is 11.3 Å². The third kappa shape index (κ3) is 4.12. The van der Waals surface area contributed by atoms with Crippen LogP contribution in [0, 0.1) is 11.7 Å². The predicted molar refractivity (Wildman–Crippen MR) is 100 cm³/mol. The largest absolute Gasteiger partial charge is 0.487 e. The summed E-state index contributed by atoms with van der Waals surface area (Å²) < 4.78 is 20.1. The number of carbonyl (C=O) groups excluding carboxylic acids is 2. The molecular formula is C20H22FNO3S. The highest BCUT2D eigenvalue weighted by Crippen LogP contribution is 2.42. The number of rotatable bonds is 6. The zero-order chi connectivity index (χ0) is 18.8. The number of ether oxygens (including phenoxy) is 1. The molecule has 0 aliphatic carbocycles. The maximum Gasteiger partial charge on any atom is 0.220 e. The molecule has 0 unspecified atom stereocenters. The first-order valence-electron chi connectivity index (χ1n) is 8.70. The van der Waals surface area contributed by atoms with E-state index in [1.165, 1.54) is 30.4 Å². The number of benzene rings is 1. The zero-order valence-electron chi connectivity index (χ0n) is 15.1. The Bertz CT molecular complexity index is 844. The van der Waals surface area contributed by atoms with Gasteiger partial charge in [0, 0.05) is 28.8 Å². The van der Waals surface area contributed by atoms with Crippen LogP contribution in [0.15, 0.2) is 24.3 Å². The van der Waals surface area contributed by atoms with Crippen LogP contribution in [0.2, 0.25) is 0 Å². The van der Waals surface area contributed by atoms with Gasteiger partial charge in [0.15, 0.2) is 5.78 Å². The molecule has 0 fully saturated rings. The Morgan fingerprint density at radius 2 is 2.12 bits per heavy atom. The molecule has 0 bridgehead atoms. The number of hydrogen-bond donors (Lipinski definition) is 1. The third-order valence-electron chi connectivity index (χ3n) is 4.20. The van der Waals surface area contributed by atoms with E-state index in [0.29, 0.717) is 41.5 Å². The topological polar surface area (TPSA) is 55.4 Å². The molecule has 3 rings (SSSR count). The van der Waals surface area contributed by atoms with Crippen molar-refractivity contribution in [3.05, 3.63) is 40.5 Å². The summed E-state index contributed by atoms with van der Waals surface area (Å²) in [4.78, 5) is 24.8. The average molecular weight is 375 g/mol. The first kappa shape index (κ1) is 18.6. The SMILES string of the molecule is CC(=O)c1ccc(-c2cc(F)cc3c2O[C@H](CNC(=O)CC(C)C)C3)s1. The standard InChI is InChI=1S/C20H22FNO3S/c1-11(2)6-19(24)22-10-15-8-13-7-14(21)9-16(20(13)25-15)18-5-4-17(26-18)12(3)23/h4-5,7,9,11,15H,6,8,10H2,1-3H3,(H,22,24)/t15-/m0/s1. The van der Waals surface area contributed by atoms with Crippen molar-refractivity contribution in [2.45, 2.75) is 39.7 Å². The van der Waals surface area contributed by atoms with Gasteiger partial charge < -0.3 is 10.1 Å². The van der Waals surface area contributed by atoms with E-state index in [-0.39, 0.29) is 23.6 Å². The predicted octanol–water partition coefficient (Wildman–Crippen LogP) is 4.22. The highest BCUT2D eigenvalue weighted by Gasteiger charge is 2.28. The van der Waals surface area contributed by atoms with Gasteiger partial charge in [-0.25, -0.2) is 4.39 Å². The Balaban J connectivity index is 1.77. The molecule has 1 aliphatic rings. The van der Waals surface area contributed by atoms with Gasteiger partial charge in [0.1, 0.15) is 17.7 Å². The van der Waals surface area contributed by atoms with Gasteiger partial charge in [-0.05, 0) is 37.1 Å². The van der Waals surface area contributed by atoms with Gasteiger partial charge in [-0.1, -0.05) is 13.8 Å². The van der Waals surface area contributed by atoms with Crippen LogP contribution in [0.5, 0.6) is 5.75 Å². The molecule has 1 aliphatic heterocycles. The minimum Gasteiger partial charge on any atom is -0.487 e. The molecule has 0 saturated heterocycles. The molecule has 1 amide bonds. The van der Waals surface area contributed by atoms with E-state index in [2.05, 4.69) is 5.32 Å². The summed E-state index contributed by atoms with van der Waals surface area (Å²) >= 11 is 1.33. The smallest absolute Gasteiger partial charge is 0.220 e. The third-order valence-corrected chi connectivity index (χ3v) is 5.42. The first-order valence-corrected chi connectivity index (χ1v) is 9.52. The van der Waals surface area contributed by atoms with Crippen LogP contribution in [0.3, 0.4) is 0 Å². The summed E-state index contributed by atoms with van der Waals surface area (Å²) in [6, 6.07) is 6.48. The summed E-state index contributed by atoms with van der Waals surface area (Å²) in [5.41, 5.74) is 1.45. The van der Waals surface area contributed by atoms with E-state index < -0.39 is 0 Å². The minimum atomic E-state index is -0.329. The van der Waals surface area contributed by atoms with Crippen molar-refractivity contribution in [3.63, 3.8) is 0 Å². The molecule has 0 spiro atoms. The van der Waals surface area contributed by atoms with Crippen molar-refractivity contribution in [2.24, 2.45) is 5.92 Å². The Morgan fingerprint density at radius 1 is 1.35 bits per heavy atom. The number of Topliss-reactive ketones (excluding diaryl/α,β-unsaturated/α-hetero) is 1. The van der Waals surface area contributed by atoms with Crippen LogP contribution in [0.1, 0.15) is 42.4 Å². The molecule has 1 atom stereocenters. The Labute approximate surface area is 156 Å². The quantitative estimate of drug-likeness (QED) is 0.769. The Kier molecular flexibility index (Phi) is 5.41. The Morgan fingerprint density at radius 3 is 2.77 bits per heavy atom. The van der Waals surface area contributed by atoms with Gasteiger partial charge in [0.25, 0.3) is 0 Å². The fourth-order valence-corrected chi connectivity index (χ4v) is 3.95. The summed E-state index contributed by atoms with van der Waals surface area (Å²) in [5, 5.41) is 2.88. The van der Waals surface area contributed by atoms with Crippen LogP contribution < -0.4 is 10.1 Å². The molecule has 1 aromatic carbocycles. The summed E-state index contributed by atoms with van der Waals surface area (Å²) in [6.45, 7) is 5.89. The van der Waals surface area contributed by atoms with Crippen molar-refractivity contribution >= 4 is 23.0 Å². The number of ketones is 1. The normalized spacial score (nSPS) is 15.7. The Hall–Kier alpha value is -2.21. The van der Waals surface area contributed by atoms with Crippen LogP contribution in [0.4, 0.5) is 4.39 Å². The van der Waals surface area contributed by atoms with E-state index in [9.17, 15) is 14.0 Å². The number of hydrogen-bond acceptors (Lipinski definition) is 4. The lowest BCUT2D eigenvalue weighted by molar-refractivity contribution is -0.122. The molecular weight excluding hydrogens is 353 g/mol. The van der Waals surface area contributed by atoms with E-state index in [1.54, 1.807) is 6.07 Å². The van der Waals surface area contributed by atoms with E-state index in [1.807, 2.05) is 19.9 Å². The monoisotopic (exact) mass is 375 g/mol. The number of carbonyl (C=O) groups is 2. The molecule has 6 heteroatoms. The number of fused-ring (bicyclic) bond motifs is 1. The molecule has 1 N–H and O–H groups in total. The summed E-state index contributed by atoms with van der Waals surface area (Å²) in [5.74, 6) is 0.596. The number of thiophene rings is 1. The number of nitrogens with one attached hydrogen (secondary N) is 1. The molecule has 2 heterocycles. The van der Waals surface area contributed by atoms with Crippen molar-refractivity contribution in [1.82, 2.24) is 5.32 Å². The summed E-state index contributed by atoms with van der Waals surface area (Å²) in [7, 11) is 0. The van der Waals surface area contributed by atoms with Gasteiger partial charge in [0.2, 0.25) is 5.91 Å². The van der Waals surface area contributed by atoms with Gasteiger partial charge in [-0.3, -0.25) is 9.59 Å². The van der Waals surface area contributed by atoms with E-state index in [0.717, 1.165) is 10.4 Å². The highest BCUT2D eigenvalue weighted by molar-refractivity contribution is 7.17.